The van der Waals surface area contributed by atoms with E-state index in [1.807, 2.05) is 56.4 Å². The van der Waals surface area contributed by atoms with Gasteiger partial charge in [-0.1, -0.05) is 48.0 Å². The molecule has 1 aliphatic heterocycles. The second-order valence-corrected chi connectivity index (χ2v) is 10.3. The number of aryl methyl sites for hydroxylation is 1. The summed E-state index contributed by atoms with van der Waals surface area (Å²) >= 11 is 6.17. The Morgan fingerprint density at radius 2 is 1.76 bits per heavy atom. The topological polar surface area (TPSA) is 49.9 Å². The summed E-state index contributed by atoms with van der Waals surface area (Å²) in [4.78, 5) is 29.8. The van der Waals surface area contributed by atoms with E-state index in [-0.39, 0.29) is 11.8 Å². The van der Waals surface area contributed by atoms with Gasteiger partial charge in [-0.25, -0.2) is 4.39 Å². The largest absolute Gasteiger partial charge is 0.493 e. The molecule has 1 heterocycles. The Hall–Kier alpha value is -3.38. The number of benzene rings is 3. The van der Waals surface area contributed by atoms with Gasteiger partial charge in [-0.3, -0.25) is 9.59 Å². The van der Waals surface area contributed by atoms with Crippen molar-refractivity contribution < 1.29 is 18.7 Å². The second-order valence-electron chi connectivity index (χ2n) is 9.91. The Kier molecular flexibility index (Phi) is 8.49. The van der Waals surface area contributed by atoms with Crippen LogP contribution in [0.25, 0.3) is 0 Å². The van der Waals surface area contributed by atoms with E-state index >= 15 is 0 Å². The van der Waals surface area contributed by atoms with Crippen LogP contribution in [0.2, 0.25) is 5.02 Å². The quantitative estimate of drug-likeness (QED) is 0.357. The molecule has 0 N–H and O–H groups in total. The van der Waals surface area contributed by atoms with E-state index in [2.05, 4.69) is 0 Å². The highest BCUT2D eigenvalue weighted by Gasteiger charge is 2.39. The summed E-state index contributed by atoms with van der Waals surface area (Å²) in [6.45, 7) is 3.73. The summed E-state index contributed by atoms with van der Waals surface area (Å²) in [6, 6.07) is 21.2. The lowest BCUT2D eigenvalue weighted by Crippen LogP contribution is -2.47. The van der Waals surface area contributed by atoms with Crippen LogP contribution in [0.1, 0.15) is 40.7 Å². The van der Waals surface area contributed by atoms with Gasteiger partial charge in [-0.2, -0.15) is 0 Å². The van der Waals surface area contributed by atoms with Crippen molar-refractivity contribution in [2.24, 2.45) is 5.41 Å². The van der Waals surface area contributed by atoms with Gasteiger partial charge in [0.1, 0.15) is 11.6 Å². The Morgan fingerprint density at radius 3 is 2.43 bits per heavy atom. The van der Waals surface area contributed by atoms with E-state index in [1.54, 1.807) is 28.0 Å². The third-order valence-corrected chi connectivity index (χ3v) is 7.50. The zero-order chi connectivity index (χ0) is 26.4. The Balaban J connectivity index is 1.47. The molecule has 1 saturated heterocycles. The van der Waals surface area contributed by atoms with Crippen LogP contribution in [0.15, 0.2) is 72.8 Å². The predicted octanol–water partition coefficient (Wildman–Crippen LogP) is 6.14. The number of amides is 2. The first-order chi connectivity index (χ1) is 17.7. The summed E-state index contributed by atoms with van der Waals surface area (Å²) in [7, 11) is 1.81. The minimum absolute atomic E-state index is 0.0321. The number of carbonyl (C=O) groups is 2. The Morgan fingerprint density at radius 1 is 1.03 bits per heavy atom. The summed E-state index contributed by atoms with van der Waals surface area (Å²) in [5.41, 5.74) is 1.88. The molecule has 2 amide bonds. The number of carbonyl (C=O) groups excluding carboxylic acids is 2. The fourth-order valence-corrected chi connectivity index (χ4v) is 4.82. The smallest absolute Gasteiger partial charge is 0.253 e. The highest BCUT2D eigenvalue weighted by atomic mass is 35.5. The Bertz CT molecular complexity index is 1240. The van der Waals surface area contributed by atoms with Gasteiger partial charge in [-0.05, 0) is 67.3 Å². The van der Waals surface area contributed by atoms with Crippen molar-refractivity contribution in [3.05, 3.63) is 100 Å². The summed E-state index contributed by atoms with van der Waals surface area (Å²) in [5, 5.41) is 0.670. The fourth-order valence-electron chi connectivity index (χ4n) is 4.70. The number of hydrogen-bond acceptors (Lipinski definition) is 3. The molecular weight excluding hydrogens is 491 g/mol. The standard InChI is InChI=1S/C30H32ClFN2O3/c1-22-17-26(11-12-27(22)31)37-21-30(19-28(35)33(2)20-23-7-4-3-5-8-23)13-15-34(16-14-30)29(36)24-9-6-10-25(32)18-24/h3-12,17-18H,13-16,19-21H2,1-2H3. The molecule has 0 atom stereocenters. The zero-order valence-corrected chi connectivity index (χ0v) is 22.0. The van der Waals surface area contributed by atoms with E-state index in [1.165, 1.54) is 12.1 Å². The molecule has 3 aromatic carbocycles. The Labute approximate surface area is 222 Å². The van der Waals surface area contributed by atoms with Crippen molar-refractivity contribution in [2.75, 3.05) is 26.7 Å². The lowest BCUT2D eigenvalue weighted by Gasteiger charge is -2.42. The van der Waals surface area contributed by atoms with Crippen molar-refractivity contribution in [2.45, 2.75) is 32.7 Å². The number of nitrogens with zero attached hydrogens (tertiary/aromatic N) is 2. The number of hydrogen-bond donors (Lipinski definition) is 0. The van der Waals surface area contributed by atoms with E-state index < -0.39 is 11.2 Å². The third kappa shape index (κ3) is 6.89. The minimum Gasteiger partial charge on any atom is -0.493 e. The molecule has 1 aliphatic rings. The molecule has 0 aliphatic carbocycles. The van der Waals surface area contributed by atoms with Crippen LogP contribution in [-0.4, -0.2) is 48.4 Å². The highest BCUT2D eigenvalue weighted by molar-refractivity contribution is 6.31. The molecule has 5 nitrogen and oxygen atoms in total. The summed E-state index contributed by atoms with van der Waals surface area (Å²) in [5.74, 6) is 0.0973. The van der Waals surface area contributed by atoms with Gasteiger partial charge in [0.25, 0.3) is 5.91 Å². The molecule has 1 fully saturated rings. The summed E-state index contributed by atoms with van der Waals surface area (Å²) in [6.07, 6.45) is 1.52. The number of ether oxygens (including phenoxy) is 1. The monoisotopic (exact) mass is 522 g/mol. The molecule has 0 aromatic heterocycles. The van der Waals surface area contributed by atoms with Crippen LogP contribution in [0, 0.1) is 18.2 Å². The molecule has 0 bridgehead atoms. The number of halogens is 2. The lowest BCUT2D eigenvalue weighted by molar-refractivity contribution is -0.134. The molecular formula is C30H32ClFN2O3. The maximum absolute atomic E-state index is 13.7. The fraction of sp³-hybridized carbons (Fsp3) is 0.333. The maximum atomic E-state index is 13.7. The predicted molar refractivity (Wildman–Crippen MR) is 143 cm³/mol. The first kappa shape index (κ1) is 26.7. The third-order valence-electron chi connectivity index (χ3n) is 7.07. The van der Waals surface area contributed by atoms with Gasteiger partial charge in [0.2, 0.25) is 5.91 Å². The molecule has 194 valence electrons. The number of rotatable bonds is 8. The van der Waals surface area contributed by atoms with E-state index in [0.29, 0.717) is 61.8 Å². The van der Waals surface area contributed by atoms with Crippen LogP contribution < -0.4 is 4.74 Å². The van der Waals surface area contributed by atoms with Crippen LogP contribution in [-0.2, 0) is 11.3 Å². The second kappa shape index (κ2) is 11.8. The molecule has 0 radical (unpaired) electrons. The van der Waals surface area contributed by atoms with Crippen LogP contribution in [0.3, 0.4) is 0 Å². The molecule has 0 saturated carbocycles. The van der Waals surface area contributed by atoms with Gasteiger partial charge >= 0.3 is 0 Å². The molecule has 4 rings (SSSR count). The first-order valence-corrected chi connectivity index (χ1v) is 12.8. The van der Waals surface area contributed by atoms with Crippen LogP contribution in [0.4, 0.5) is 4.39 Å². The maximum Gasteiger partial charge on any atom is 0.253 e. The van der Waals surface area contributed by atoms with Gasteiger partial charge in [-0.15, -0.1) is 0 Å². The molecule has 7 heteroatoms. The van der Waals surface area contributed by atoms with Crippen molar-refractivity contribution in [1.82, 2.24) is 9.80 Å². The first-order valence-electron chi connectivity index (χ1n) is 12.5. The van der Waals surface area contributed by atoms with Crippen molar-refractivity contribution in [1.29, 1.82) is 0 Å². The van der Waals surface area contributed by atoms with Crippen molar-refractivity contribution in [3.63, 3.8) is 0 Å². The van der Waals surface area contributed by atoms with Crippen LogP contribution >= 0.6 is 11.6 Å². The minimum atomic E-state index is -0.436. The van der Waals surface area contributed by atoms with E-state index in [4.69, 9.17) is 16.3 Å². The number of piperidine rings is 1. The molecule has 3 aromatic rings. The van der Waals surface area contributed by atoms with Crippen molar-refractivity contribution in [3.8, 4) is 5.75 Å². The highest BCUT2D eigenvalue weighted by Crippen LogP contribution is 2.37. The number of likely N-dealkylation sites (tertiary alicyclic amines) is 1. The van der Waals surface area contributed by atoms with E-state index in [0.717, 1.165) is 11.1 Å². The van der Waals surface area contributed by atoms with Crippen molar-refractivity contribution >= 4 is 23.4 Å². The average Bonchev–Trinajstić information content (AvgIpc) is 2.90. The summed E-state index contributed by atoms with van der Waals surface area (Å²) < 4.78 is 19.9. The SMILES string of the molecule is Cc1cc(OCC2(CC(=O)N(C)Cc3ccccc3)CCN(C(=O)c3cccc(F)c3)CC2)ccc1Cl. The van der Waals surface area contributed by atoms with Crippen LogP contribution in [0.5, 0.6) is 5.75 Å². The van der Waals surface area contributed by atoms with Gasteiger partial charge in [0.15, 0.2) is 0 Å². The van der Waals surface area contributed by atoms with Gasteiger partial charge in [0.05, 0.1) is 6.61 Å². The average molecular weight is 523 g/mol. The van der Waals surface area contributed by atoms with E-state index in [9.17, 15) is 14.0 Å². The molecule has 0 spiro atoms. The zero-order valence-electron chi connectivity index (χ0n) is 21.3. The molecule has 0 unspecified atom stereocenters. The van der Waals surface area contributed by atoms with Gasteiger partial charge < -0.3 is 14.5 Å². The normalized spacial score (nSPS) is 14.8. The lowest BCUT2D eigenvalue weighted by atomic mass is 9.75. The molecule has 37 heavy (non-hydrogen) atoms. The van der Waals surface area contributed by atoms with Gasteiger partial charge in [0, 0.05) is 49.1 Å².